The summed E-state index contributed by atoms with van der Waals surface area (Å²) < 4.78 is 0. The molecule has 0 aliphatic heterocycles. The number of hydrogen-bond acceptors (Lipinski definition) is 4. The Morgan fingerprint density at radius 3 is 2.45 bits per heavy atom. The van der Waals surface area contributed by atoms with Crippen LogP contribution in [0.5, 0.6) is 5.75 Å². The van der Waals surface area contributed by atoms with E-state index in [9.17, 15) is 5.11 Å². The normalized spacial score (nSPS) is 11.2. The van der Waals surface area contributed by atoms with Crippen molar-refractivity contribution in [2.45, 2.75) is 0 Å². The van der Waals surface area contributed by atoms with Crippen molar-refractivity contribution in [1.82, 2.24) is 4.98 Å². The van der Waals surface area contributed by atoms with Gasteiger partial charge in [-0.05, 0) is 18.2 Å². The fourth-order valence-corrected chi connectivity index (χ4v) is 2.16. The molecule has 0 saturated heterocycles. The van der Waals surface area contributed by atoms with Crippen molar-refractivity contribution in [2.75, 3.05) is 0 Å². The van der Waals surface area contributed by atoms with E-state index in [0.717, 1.165) is 5.39 Å². The Morgan fingerprint density at radius 1 is 0.950 bits per heavy atom. The molecule has 0 saturated carbocycles. The van der Waals surface area contributed by atoms with Gasteiger partial charge in [-0.2, -0.15) is 0 Å². The predicted octanol–water partition coefficient (Wildman–Crippen LogP) is 5.01. The minimum Gasteiger partial charge on any atom is -0.505 e. The lowest BCUT2D eigenvalue weighted by atomic mass is 10.1. The van der Waals surface area contributed by atoms with Gasteiger partial charge in [-0.1, -0.05) is 41.9 Å². The molecule has 2 aromatic carbocycles. The molecule has 0 atom stereocenters. The average molecular weight is 284 g/mol. The maximum Gasteiger partial charge on any atom is 0.174 e. The molecule has 3 rings (SSSR count). The van der Waals surface area contributed by atoms with Crippen LogP contribution in [-0.4, -0.2) is 10.1 Å². The van der Waals surface area contributed by atoms with Gasteiger partial charge in [0.25, 0.3) is 0 Å². The number of halogens is 1. The third-order valence-electron chi connectivity index (χ3n) is 2.86. The predicted molar refractivity (Wildman–Crippen MR) is 79.0 cm³/mol. The average Bonchev–Trinajstić information content (AvgIpc) is 2.50. The van der Waals surface area contributed by atoms with Gasteiger partial charge >= 0.3 is 0 Å². The number of phenolic OH excluding ortho intramolecular Hbond substituents is 1. The highest BCUT2D eigenvalue weighted by Crippen LogP contribution is 2.39. The molecule has 1 aromatic heterocycles. The zero-order chi connectivity index (χ0) is 13.9. The SMILES string of the molecule is Oc1c(N=Nc2ccccn2)cc(Cl)c2ccccc12. The molecule has 4 nitrogen and oxygen atoms in total. The first-order valence-electron chi connectivity index (χ1n) is 5.98. The van der Waals surface area contributed by atoms with Crippen molar-refractivity contribution in [1.29, 1.82) is 0 Å². The van der Waals surface area contributed by atoms with Crippen LogP contribution in [0.25, 0.3) is 10.8 Å². The molecule has 3 aromatic rings. The highest BCUT2D eigenvalue weighted by Gasteiger charge is 2.09. The smallest absolute Gasteiger partial charge is 0.174 e. The van der Waals surface area contributed by atoms with Crippen molar-refractivity contribution in [3.05, 3.63) is 59.8 Å². The van der Waals surface area contributed by atoms with Crippen LogP contribution in [0, 0.1) is 0 Å². The molecule has 1 heterocycles. The quantitative estimate of drug-likeness (QED) is 0.672. The number of benzene rings is 2. The van der Waals surface area contributed by atoms with E-state index in [2.05, 4.69) is 15.2 Å². The second kappa shape index (κ2) is 5.27. The Hall–Kier alpha value is -2.46. The highest BCUT2D eigenvalue weighted by atomic mass is 35.5. The van der Waals surface area contributed by atoms with E-state index >= 15 is 0 Å². The zero-order valence-corrected chi connectivity index (χ0v) is 11.1. The van der Waals surface area contributed by atoms with Crippen LogP contribution in [0.1, 0.15) is 0 Å². The Morgan fingerprint density at radius 2 is 1.70 bits per heavy atom. The summed E-state index contributed by atoms with van der Waals surface area (Å²) in [4.78, 5) is 4.03. The first-order chi connectivity index (χ1) is 9.75. The van der Waals surface area contributed by atoms with E-state index in [1.807, 2.05) is 24.3 Å². The third kappa shape index (κ3) is 2.33. The third-order valence-corrected chi connectivity index (χ3v) is 3.17. The molecule has 0 fully saturated rings. The van der Waals surface area contributed by atoms with E-state index in [1.165, 1.54) is 0 Å². The van der Waals surface area contributed by atoms with Crippen LogP contribution in [-0.2, 0) is 0 Å². The van der Waals surface area contributed by atoms with Gasteiger partial charge < -0.3 is 5.11 Å². The minimum absolute atomic E-state index is 0.0599. The number of azo groups is 1. The van der Waals surface area contributed by atoms with Crippen LogP contribution < -0.4 is 0 Å². The van der Waals surface area contributed by atoms with Crippen molar-refractivity contribution < 1.29 is 5.11 Å². The summed E-state index contributed by atoms with van der Waals surface area (Å²) in [6.45, 7) is 0. The summed E-state index contributed by atoms with van der Waals surface area (Å²) in [6, 6.07) is 14.3. The molecule has 0 aliphatic carbocycles. The molecule has 0 spiro atoms. The fourth-order valence-electron chi connectivity index (χ4n) is 1.90. The summed E-state index contributed by atoms with van der Waals surface area (Å²) >= 11 is 6.19. The number of hydrogen-bond donors (Lipinski definition) is 1. The Bertz CT molecular complexity index is 788. The largest absolute Gasteiger partial charge is 0.505 e. The van der Waals surface area contributed by atoms with Crippen LogP contribution in [0.4, 0.5) is 11.5 Å². The van der Waals surface area contributed by atoms with E-state index < -0.39 is 0 Å². The number of rotatable bonds is 2. The lowest BCUT2D eigenvalue weighted by molar-refractivity contribution is 0.482. The van der Waals surface area contributed by atoms with Gasteiger partial charge in [-0.3, -0.25) is 0 Å². The molecule has 20 heavy (non-hydrogen) atoms. The number of fused-ring (bicyclic) bond motifs is 1. The molecular weight excluding hydrogens is 274 g/mol. The monoisotopic (exact) mass is 283 g/mol. The molecule has 0 radical (unpaired) electrons. The van der Waals surface area contributed by atoms with E-state index in [0.29, 0.717) is 21.9 Å². The number of phenols is 1. The van der Waals surface area contributed by atoms with Crippen LogP contribution in [0.15, 0.2) is 65.0 Å². The first-order valence-corrected chi connectivity index (χ1v) is 6.36. The number of aromatic nitrogens is 1. The summed E-state index contributed by atoms with van der Waals surface area (Å²) in [6.07, 6.45) is 1.63. The van der Waals surface area contributed by atoms with Crippen LogP contribution in [0.3, 0.4) is 0 Å². The zero-order valence-electron chi connectivity index (χ0n) is 10.4. The second-order valence-corrected chi connectivity index (χ2v) is 4.57. The molecular formula is C15H10ClN3O. The second-order valence-electron chi connectivity index (χ2n) is 4.16. The van der Waals surface area contributed by atoms with Gasteiger partial charge in [0.15, 0.2) is 11.6 Å². The molecule has 1 N–H and O–H groups in total. The van der Waals surface area contributed by atoms with Crippen molar-refractivity contribution >= 4 is 33.9 Å². The lowest BCUT2D eigenvalue weighted by Gasteiger charge is -2.05. The molecule has 0 unspecified atom stereocenters. The summed E-state index contributed by atoms with van der Waals surface area (Å²) in [7, 11) is 0. The van der Waals surface area contributed by atoms with E-state index in [1.54, 1.807) is 30.5 Å². The Balaban J connectivity index is 2.09. The Labute approximate surface area is 120 Å². The number of aromatic hydroxyl groups is 1. The summed E-state index contributed by atoms with van der Waals surface area (Å²) in [5.74, 6) is 0.529. The van der Waals surface area contributed by atoms with E-state index in [-0.39, 0.29) is 5.75 Å². The maximum atomic E-state index is 10.2. The van der Waals surface area contributed by atoms with Gasteiger partial charge in [0, 0.05) is 17.0 Å². The number of pyridine rings is 1. The van der Waals surface area contributed by atoms with Gasteiger partial charge in [0.2, 0.25) is 0 Å². The van der Waals surface area contributed by atoms with Crippen molar-refractivity contribution in [3.8, 4) is 5.75 Å². The maximum absolute atomic E-state index is 10.2. The van der Waals surface area contributed by atoms with E-state index in [4.69, 9.17) is 11.6 Å². The molecule has 0 bridgehead atoms. The molecule has 98 valence electrons. The van der Waals surface area contributed by atoms with Crippen molar-refractivity contribution in [2.24, 2.45) is 10.2 Å². The fraction of sp³-hybridized carbons (Fsp3) is 0. The lowest BCUT2D eigenvalue weighted by Crippen LogP contribution is -1.77. The summed E-state index contributed by atoms with van der Waals surface area (Å²) in [5.41, 5.74) is 0.319. The minimum atomic E-state index is 0.0599. The molecule has 0 aliphatic rings. The number of nitrogens with zero attached hydrogens (tertiary/aromatic N) is 3. The standard InChI is InChI=1S/C15H10ClN3O/c16-12-9-13(18-19-14-7-3-4-8-17-14)15(20)11-6-2-1-5-10(11)12/h1-9,20H. The van der Waals surface area contributed by atoms with Gasteiger partial charge in [-0.15, -0.1) is 10.2 Å². The van der Waals surface area contributed by atoms with Gasteiger partial charge in [0.05, 0.1) is 5.02 Å². The highest BCUT2D eigenvalue weighted by molar-refractivity contribution is 6.36. The van der Waals surface area contributed by atoms with Gasteiger partial charge in [-0.25, -0.2) is 4.98 Å². The summed E-state index contributed by atoms with van der Waals surface area (Å²) in [5, 5.41) is 20.2. The molecule has 0 amide bonds. The van der Waals surface area contributed by atoms with Crippen LogP contribution in [0.2, 0.25) is 5.02 Å². The van der Waals surface area contributed by atoms with Crippen LogP contribution >= 0.6 is 11.6 Å². The first kappa shape index (κ1) is 12.6. The Kier molecular flexibility index (Phi) is 3.31. The molecule has 5 heteroatoms. The van der Waals surface area contributed by atoms with Crippen molar-refractivity contribution in [3.63, 3.8) is 0 Å². The topological polar surface area (TPSA) is 57.8 Å². The van der Waals surface area contributed by atoms with Gasteiger partial charge in [0.1, 0.15) is 5.69 Å².